The van der Waals surface area contributed by atoms with Crippen LogP contribution in [0.3, 0.4) is 0 Å². The molecular formula is C18H20BrNO. The largest absolute Gasteiger partial charge is 0.335 e. The number of carbonyl (C=O) groups excluding carboxylic acids is 1. The number of halogens is 1. The fourth-order valence-electron chi connectivity index (χ4n) is 2.28. The van der Waals surface area contributed by atoms with Crippen LogP contribution in [0.1, 0.15) is 34.0 Å². The van der Waals surface area contributed by atoms with Crippen LogP contribution in [0.4, 0.5) is 0 Å². The maximum Gasteiger partial charge on any atom is 0.255 e. The van der Waals surface area contributed by atoms with Crippen LogP contribution in [0, 0.1) is 13.8 Å². The minimum atomic E-state index is 0.0626. The molecule has 0 aliphatic carbocycles. The molecule has 2 nitrogen and oxygen atoms in total. The molecule has 0 spiro atoms. The first-order valence-corrected chi connectivity index (χ1v) is 7.92. The van der Waals surface area contributed by atoms with Gasteiger partial charge in [-0.3, -0.25) is 4.79 Å². The van der Waals surface area contributed by atoms with E-state index in [0.29, 0.717) is 13.1 Å². The predicted octanol–water partition coefficient (Wildman–Crippen LogP) is 4.73. The van der Waals surface area contributed by atoms with Gasteiger partial charge in [-0.15, -0.1) is 0 Å². The van der Waals surface area contributed by atoms with Gasteiger partial charge in [0.15, 0.2) is 0 Å². The van der Waals surface area contributed by atoms with Gasteiger partial charge in [0.2, 0.25) is 0 Å². The van der Waals surface area contributed by atoms with Crippen molar-refractivity contribution in [3.05, 3.63) is 69.2 Å². The number of hydrogen-bond acceptors (Lipinski definition) is 1. The van der Waals surface area contributed by atoms with Crippen molar-refractivity contribution >= 4 is 21.8 Å². The highest BCUT2D eigenvalue weighted by Crippen LogP contribution is 2.21. The Hall–Kier alpha value is -1.61. The van der Waals surface area contributed by atoms with Crippen LogP contribution in [0.25, 0.3) is 0 Å². The maximum absolute atomic E-state index is 12.7. The molecule has 2 rings (SSSR count). The van der Waals surface area contributed by atoms with Gasteiger partial charge in [0.25, 0.3) is 5.91 Å². The highest BCUT2D eigenvalue weighted by atomic mass is 79.9. The van der Waals surface area contributed by atoms with E-state index in [9.17, 15) is 4.79 Å². The molecule has 0 N–H and O–H groups in total. The summed E-state index contributed by atoms with van der Waals surface area (Å²) in [4.78, 5) is 14.6. The minimum absolute atomic E-state index is 0.0626. The van der Waals surface area contributed by atoms with Crippen molar-refractivity contribution in [2.75, 3.05) is 6.54 Å². The van der Waals surface area contributed by atoms with Crippen LogP contribution in [-0.2, 0) is 6.54 Å². The van der Waals surface area contributed by atoms with Gasteiger partial charge in [0.05, 0.1) is 5.56 Å². The second-order valence-electron chi connectivity index (χ2n) is 5.23. The summed E-state index contributed by atoms with van der Waals surface area (Å²) >= 11 is 3.50. The molecular weight excluding hydrogens is 326 g/mol. The summed E-state index contributed by atoms with van der Waals surface area (Å²) in [5.74, 6) is 0.0626. The van der Waals surface area contributed by atoms with Crippen molar-refractivity contribution in [1.82, 2.24) is 4.90 Å². The van der Waals surface area contributed by atoms with E-state index in [0.717, 1.165) is 15.6 Å². The molecule has 0 fully saturated rings. The summed E-state index contributed by atoms with van der Waals surface area (Å²) in [5.41, 5.74) is 4.26. The van der Waals surface area contributed by atoms with E-state index in [2.05, 4.69) is 35.0 Å². The third-order valence-electron chi connectivity index (χ3n) is 3.65. The van der Waals surface area contributed by atoms with Crippen LogP contribution in [0.5, 0.6) is 0 Å². The van der Waals surface area contributed by atoms with E-state index in [1.807, 2.05) is 49.1 Å². The third kappa shape index (κ3) is 3.73. The fraction of sp³-hybridized carbons (Fsp3) is 0.278. The van der Waals surface area contributed by atoms with Gasteiger partial charge in [-0.2, -0.15) is 0 Å². The average molecular weight is 346 g/mol. The summed E-state index contributed by atoms with van der Waals surface area (Å²) in [6.45, 7) is 7.44. The van der Waals surface area contributed by atoms with Crippen LogP contribution < -0.4 is 0 Å². The smallest absolute Gasteiger partial charge is 0.255 e. The molecule has 0 aliphatic heterocycles. The topological polar surface area (TPSA) is 20.3 Å². The first kappa shape index (κ1) is 15.8. The second-order valence-corrected chi connectivity index (χ2v) is 6.08. The lowest BCUT2D eigenvalue weighted by atomic mass is 10.1. The summed E-state index contributed by atoms with van der Waals surface area (Å²) in [7, 11) is 0. The lowest BCUT2D eigenvalue weighted by molar-refractivity contribution is 0.0751. The molecule has 0 heterocycles. The zero-order valence-electron chi connectivity index (χ0n) is 12.7. The van der Waals surface area contributed by atoms with Gasteiger partial charge < -0.3 is 4.90 Å². The quantitative estimate of drug-likeness (QED) is 0.784. The number of benzene rings is 2. The van der Waals surface area contributed by atoms with E-state index >= 15 is 0 Å². The first-order chi connectivity index (χ1) is 10.0. The number of rotatable bonds is 4. The number of hydrogen-bond donors (Lipinski definition) is 0. The van der Waals surface area contributed by atoms with Gasteiger partial charge >= 0.3 is 0 Å². The molecule has 0 saturated carbocycles. The standard InChI is InChI=1S/C18H20BrNO/c1-4-20(12-15-8-6-5-7-14(15)3)18(21)16-10-9-13(2)11-17(16)19/h5-11H,4,12H2,1-3H3. The van der Waals surface area contributed by atoms with Crippen molar-refractivity contribution in [3.63, 3.8) is 0 Å². The summed E-state index contributed by atoms with van der Waals surface area (Å²) in [5, 5.41) is 0. The van der Waals surface area contributed by atoms with Crippen molar-refractivity contribution in [2.24, 2.45) is 0 Å². The van der Waals surface area contributed by atoms with Gasteiger partial charge in [-0.05, 0) is 65.5 Å². The zero-order chi connectivity index (χ0) is 15.4. The first-order valence-electron chi connectivity index (χ1n) is 7.13. The molecule has 1 amide bonds. The molecule has 2 aromatic rings. The predicted molar refractivity (Wildman–Crippen MR) is 90.5 cm³/mol. The molecule has 110 valence electrons. The minimum Gasteiger partial charge on any atom is -0.335 e. The Balaban J connectivity index is 2.25. The van der Waals surface area contributed by atoms with Gasteiger partial charge in [0, 0.05) is 17.6 Å². The van der Waals surface area contributed by atoms with Crippen molar-refractivity contribution in [1.29, 1.82) is 0 Å². The lowest BCUT2D eigenvalue weighted by Gasteiger charge is -2.22. The molecule has 0 aromatic heterocycles. The second kappa shape index (κ2) is 6.90. The molecule has 0 unspecified atom stereocenters. The van der Waals surface area contributed by atoms with E-state index < -0.39 is 0 Å². The van der Waals surface area contributed by atoms with Gasteiger partial charge in [-0.25, -0.2) is 0 Å². The number of nitrogens with zero attached hydrogens (tertiary/aromatic N) is 1. The molecule has 0 aliphatic rings. The molecule has 0 bridgehead atoms. The highest BCUT2D eigenvalue weighted by Gasteiger charge is 2.17. The van der Waals surface area contributed by atoms with Crippen molar-refractivity contribution in [3.8, 4) is 0 Å². The lowest BCUT2D eigenvalue weighted by Crippen LogP contribution is -2.30. The Labute approximate surface area is 134 Å². The Morgan fingerprint density at radius 3 is 2.48 bits per heavy atom. The maximum atomic E-state index is 12.7. The Morgan fingerprint density at radius 2 is 1.86 bits per heavy atom. The van der Waals surface area contributed by atoms with Crippen LogP contribution in [-0.4, -0.2) is 17.4 Å². The summed E-state index contributed by atoms with van der Waals surface area (Å²) < 4.78 is 0.857. The summed E-state index contributed by atoms with van der Waals surface area (Å²) in [6, 6.07) is 14.0. The molecule has 0 saturated heterocycles. The van der Waals surface area contributed by atoms with Crippen molar-refractivity contribution in [2.45, 2.75) is 27.3 Å². The number of carbonyl (C=O) groups is 1. The van der Waals surface area contributed by atoms with E-state index in [4.69, 9.17) is 0 Å². The van der Waals surface area contributed by atoms with E-state index in [-0.39, 0.29) is 5.91 Å². The average Bonchev–Trinajstić information content (AvgIpc) is 2.46. The normalized spacial score (nSPS) is 10.5. The van der Waals surface area contributed by atoms with E-state index in [1.165, 1.54) is 11.1 Å². The fourth-order valence-corrected chi connectivity index (χ4v) is 2.95. The third-order valence-corrected chi connectivity index (χ3v) is 4.30. The molecule has 2 aromatic carbocycles. The number of aryl methyl sites for hydroxylation is 2. The Bertz CT molecular complexity index is 651. The SMILES string of the molecule is CCN(Cc1ccccc1C)C(=O)c1ccc(C)cc1Br. The van der Waals surface area contributed by atoms with Gasteiger partial charge in [-0.1, -0.05) is 30.3 Å². The number of amides is 1. The van der Waals surface area contributed by atoms with Gasteiger partial charge in [0.1, 0.15) is 0 Å². The Kier molecular flexibility index (Phi) is 5.18. The summed E-state index contributed by atoms with van der Waals surface area (Å²) in [6.07, 6.45) is 0. The monoisotopic (exact) mass is 345 g/mol. The molecule has 0 radical (unpaired) electrons. The Morgan fingerprint density at radius 1 is 1.14 bits per heavy atom. The molecule has 21 heavy (non-hydrogen) atoms. The van der Waals surface area contributed by atoms with Crippen LogP contribution in [0.2, 0.25) is 0 Å². The molecule has 3 heteroatoms. The van der Waals surface area contributed by atoms with Crippen molar-refractivity contribution < 1.29 is 4.79 Å². The highest BCUT2D eigenvalue weighted by molar-refractivity contribution is 9.10. The van der Waals surface area contributed by atoms with Crippen LogP contribution >= 0.6 is 15.9 Å². The van der Waals surface area contributed by atoms with Crippen LogP contribution in [0.15, 0.2) is 46.9 Å². The zero-order valence-corrected chi connectivity index (χ0v) is 14.3. The molecule has 0 atom stereocenters. The van der Waals surface area contributed by atoms with E-state index in [1.54, 1.807) is 0 Å².